The van der Waals surface area contributed by atoms with Gasteiger partial charge in [0.05, 0.1) is 21.9 Å². The van der Waals surface area contributed by atoms with Gasteiger partial charge in [0.1, 0.15) is 11.5 Å². The molecule has 5 amide bonds. The van der Waals surface area contributed by atoms with Gasteiger partial charge in [-0.3, -0.25) is 29.3 Å². The van der Waals surface area contributed by atoms with Gasteiger partial charge in [-0.05, 0) is 71.7 Å². The number of nitrogens with zero attached hydrogens (tertiary/aromatic N) is 6. The van der Waals surface area contributed by atoms with E-state index in [1.165, 1.54) is 15.9 Å². The Morgan fingerprint density at radius 1 is 0.966 bits per heavy atom. The number of fused-ring (bicyclic) bond motifs is 1. The van der Waals surface area contributed by atoms with E-state index in [1.54, 1.807) is 42.0 Å². The molecule has 0 aliphatic carbocycles. The third kappa shape index (κ3) is 7.68. The molecule has 3 aliphatic heterocycles. The first-order valence-electron chi connectivity index (χ1n) is 19.4. The van der Waals surface area contributed by atoms with Gasteiger partial charge in [0, 0.05) is 95.6 Å². The third-order valence-corrected chi connectivity index (χ3v) is 11.6. The molecule has 0 radical (unpaired) electrons. The number of amides is 5. The molecule has 5 heterocycles. The van der Waals surface area contributed by atoms with Crippen LogP contribution in [-0.2, 0) is 16.1 Å². The Balaban J connectivity index is 1.01. The van der Waals surface area contributed by atoms with E-state index in [4.69, 9.17) is 11.6 Å². The van der Waals surface area contributed by atoms with Crippen molar-refractivity contribution in [1.29, 1.82) is 0 Å². The smallest absolute Gasteiger partial charge is 0.328 e. The number of halogens is 3. The van der Waals surface area contributed by atoms with Crippen LogP contribution >= 0.6 is 11.6 Å². The molecule has 58 heavy (non-hydrogen) atoms. The normalized spacial score (nSPS) is 16.5. The van der Waals surface area contributed by atoms with Gasteiger partial charge in [-0.25, -0.2) is 13.6 Å². The lowest BCUT2D eigenvalue weighted by Crippen LogP contribution is -2.49. The van der Waals surface area contributed by atoms with Crippen molar-refractivity contribution < 1.29 is 28.0 Å². The minimum Gasteiger partial charge on any atom is -0.369 e. The number of anilines is 2. The Morgan fingerprint density at radius 3 is 2.45 bits per heavy atom. The van der Waals surface area contributed by atoms with Gasteiger partial charge < -0.3 is 19.7 Å². The van der Waals surface area contributed by atoms with Crippen molar-refractivity contribution in [2.24, 2.45) is 0 Å². The van der Waals surface area contributed by atoms with Crippen LogP contribution in [-0.4, -0.2) is 95.1 Å². The predicted molar refractivity (Wildman–Crippen MR) is 219 cm³/mol. The molecule has 8 rings (SSSR count). The van der Waals surface area contributed by atoms with Crippen molar-refractivity contribution in [1.82, 2.24) is 29.9 Å². The first-order valence-corrected chi connectivity index (χ1v) is 19.8. The van der Waals surface area contributed by atoms with Crippen molar-refractivity contribution >= 4 is 63.2 Å². The lowest BCUT2D eigenvalue weighted by atomic mass is 9.87. The quantitative estimate of drug-likeness (QED) is 0.162. The maximum Gasteiger partial charge on any atom is 0.328 e. The summed E-state index contributed by atoms with van der Waals surface area (Å²) in [7, 11) is 3.29. The van der Waals surface area contributed by atoms with Gasteiger partial charge >= 0.3 is 6.03 Å². The van der Waals surface area contributed by atoms with Crippen LogP contribution in [0.4, 0.5) is 25.0 Å². The number of hydrogen-bond acceptors (Lipinski definition) is 6. The van der Waals surface area contributed by atoms with Gasteiger partial charge in [-0.2, -0.15) is 5.10 Å². The number of carbonyl (C=O) groups is 4. The molecule has 2 fully saturated rings. The minimum absolute atomic E-state index is 0.0298. The van der Waals surface area contributed by atoms with Gasteiger partial charge in [-0.1, -0.05) is 41.9 Å². The lowest BCUT2D eigenvalue weighted by molar-refractivity contribution is -0.131. The maximum atomic E-state index is 16.6. The summed E-state index contributed by atoms with van der Waals surface area (Å²) in [5.74, 6) is -1.45. The molecule has 0 saturated carbocycles. The van der Waals surface area contributed by atoms with Gasteiger partial charge in [0.15, 0.2) is 5.82 Å². The predicted octanol–water partition coefficient (Wildman–Crippen LogP) is 7.20. The number of H-pyrrole nitrogens is 1. The number of piperidine rings is 1. The highest BCUT2D eigenvalue weighted by Crippen LogP contribution is 2.40. The molecule has 0 bridgehead atoms. The summed E-state index contributed by atoms with van der Waals surface area (Å²) in [6.07, 6.45) is 7.97. The third-order valence-electron chi connectivity index (χ3n) is 11.3. The zero-order valence-electron chi connectivity index (χ0n) is 32.2. The summed E-state index contributed by atoms with van der Waals surface area (Å²) in [6.45, 7) is 2.56. The van der Waals surface area contributed by atoms with E-state index >= 15 is 8.78 Å². The van der Waals surface area contributed by atoms with E-state index in [0.717, 1.165) is 29.5 Å². The number of carbonyl (C=O) groups excluding carboxylic acids is 4. The molecule has 2 aromatic heterocycles. The highest BCUT2D eigenvalue weighted by Gasteiger charge is 2.30. The Hall–Kier alpha value is -6.02. The van der Waals surface area contributed by atoms with Crippen LogP contribution < -0.4 is 15.1 Å². The Kier molecular flexibility index (Phi) is 10.8. The highest BCUT2D eigenvalue weighted by molar-refractivity contribution is 6.34. The number of aryl methyl sites for hydroxylation is 1. The fourth-order valence-corrected chi connectivity index (χ4v) is 8.46. The van der Waals surface area contributed by atoms with Crippen LogP contribution in [0.2, 0.25) is 5.02 Å². The zero-order valence-corrected chi connectivity index (χ0v) is 33.0. The number of rotatable bonds is 9. The SMILES string of the molecule is CN(C)C(=O)c1cc2c(-c3ccc(C4CCN(c5cc(Cl)c(N6CCC(=O)NC6=O)cc5F)CC4)cc3)cc(C3=CCCN(C(=O)CCn4cccn4)C3)c(F)c2[nH]1. The average Bonchev–Trinajstić information content (AvgIpc) is 3.93. The van der Waals surface area contributed by atoms with Crippen LogP contribution in [0.15, 0.2) is 73.1 Å². The second kappa shape index (κ2) is 16.1. The van der Waals surface area contributed by atoms with E-state index in [9.17, 15) is 19.2 Å². The molecule has 0 spiro atoms. The monoisotopic (exact) mass is 808 g/mol. The van der Waals surface area contributed by atoms with Crippen molar-refractivity contribution in [2.75, 3.05) is 56.6 Å². The maximum absolute atomic E-state index is 16.6. The molecule has 2 saturated heterocycles. The Labute approximate surface area is 339 Å². The number of nitrogens with one attached hydrogen (secondary N) is 2. The number of urea groups is 1. The first-order chi connectivity index (χ1) is 27.9. The molecular formula is C43H43ClF2N8O4. The van der Waals surface area contributed by atoms with Crippen molar-refractivity contribution in [2.45, 2.75) is 44.6 Å². The largest absolute Gasteiger partial charge is 0.369 e. The molecule has 2 N–H and O–H groups in total. The number of hydrogen-bond donors (Lipinski definition) is 2. The molecular weight excluding hydrogens is 766 g/mol. The molecule has 0 atom stereocenters. The van der Waals surface area contributed by atoms with Crippen molar-refractivity contribution in [3.05, 3.63) is 107 Å². The van der Waals surface area contributed by atoms with Crippen LogP contribution in [0.1, 0.15) is 59.6 Å². The van der Waals surface area contributed by atoms with Gasteiger partial charge in [-0.15, -0.1) is 0 Å². The van der Waals surface area contributed by atoms with Crippen LogP contribution in [0.5, 0.6) is 0 Å². The second-order valence-electron chi connectivity index (χ2n) is 15.2. The topological polar surface area (TPSA) is 127 Å². The van der Waals surface area contributed by atoms with Crippen molar-refractivity contribution in [3.63, 3.8) is 0 Å². The number of imide groups is 1. The summed E-state index contributed by atoms with van der Waals surface area (Å²) in [6, 6.07) is 15.7. The summed E-state index contributed by atoms with van der Waals surface area (Å²) >= 11 is 6.56. The van der Waals surface area contributed by atoms with E-state index in [-0.39, 0.29) is 71.5 Å². The first kappa shape index (κ1) is 38.8. The molecule has 300 valence electrons. The summed E-state index contributed by atoms with van der Waals surface area (Å²) in [5, 5.41) is 7.24. The van der Waals surface area contributed by atoms with Gasteiger partial charge in [0.25, 0.3) is 5.91 Å². The van der Waals surface area contributed by atoms with Gasteiger partial charge in [0.2, 0.25) is 11.8 Å². The van der Waals surface area contributed by atoms with Crippen LogP contribution in [0, 0.1) is 11.6 Å². The number of aromatic nitrogens is 3. The highest BCUT2D eigenvalue weighted by atomic mass is 35.5. The Morgan fingerprint density at radius 2 is 1.74 bits per heavy atom. The summed E-state index contributed by atoms with van der Waals surface area (Å²) in [4.78, 5) is 59.7. The fourth-order valence-electron chi connectivity index (χ4n) is 8.20. The molecule has 3 aromatic carbocycles. The van der Waals surface area contributed by atoms with E-state index in [1.807, 2.05) is 41.4 Å². The number of aromatic amines is 1. The number of benzene rings is 3. The zero-order chi connectivity index (χ0) is 40.7. The standard InChI is InChI=1S/C43H43ClF2N8O4/c1-50(2)42(57)35-22-32-30(21-31(40(46)41(32)48-35)29-5-3-15-52(25-29)39(56)13-19-53-16-4-14-47-53)28-8-6-26(7-9-28)27-10-17-51(18-11-27)37-23-33(44)36(24-34(37)45)54-20-12-38(55)49-43(54)58/h4-9,14,16,21-24,27,48H,3,10-13,15,17-20,25H2,1-2H3,(H,49,55,58). The van der Waals surface area contributed by atoms with E-state index < -0.39 is 17.7 Å². The Bertz CT molecular complexity index is 2440. The molecule has 3 aliphatic rings. The summed E-state index contributed by atoms with van der Waals surface area (Å²) < 4.78 is 33.8. The van der Waals surface area contributed by atoms with Crippen molar-refractivity contribution in [3.8, 4) is 11.1 Å². The van der Waals surface area contributed by atoms with E-state index in [0.29, 0.717) is 54.8 Å². The fraction of sp³-hybridized carbons (Fsp3) is 0.326. The molecule has 0 unspecified atom stereocenters. The average molecular weight is 809 g/mol. The molecule has 15 heteroatoms. The van der Waals surface area contributed by atoms with Crippen LogP contribution in [0.25, 0.3) is 27.6 Å². The van der Waals surface area contributed by atoms with Crippen LogP contribution in [0.3, 0.4) is 0 Å². The van der Waals surface area contributed by atoms with E-state index in [2.05, 4.69) is 27.5 Å². The molecule has 12 nitrogen and oxygen atoms in total. The lowest BCUT2D eigenvalue weighted by Gasteiger charge is -2.35. The minimum atomic E-state index is -0.627. The second-order valence-corrected chi connectivity index (χ2v) is 15.6. The molecule has 5 aromatic rings. The summed E-state index contributed by atoms with van der Waals surface area (Å²) in [5.41, 5.74) is 4.90.